The summed E-state index contributed by atoms with van der Waals surface area (Å²) in [6.07, 6.45) is 1.18. The Morgan fingerprint density at radius 3 is 2.95 bits per heavy atom. The van der Waals surface area contributed by atoms with Gasteiger partial charge in [0, 0.05) is 30.6 Å². The predicted octanol–water partition coefficient (Wildman–Crippen LogP) is 1.50. The summed E-state index contributed by atoms with van der Waals surface area (Å²) in [5, 5.41) is 2.84. The van der Waals surface area contributed by atoms with Crippen LogP contribution in [0.15, 0.2) is 18.2 Å². The molecule has 0 aliphatic carbocycles. The van der Waals surface area contributed by atoms with E-state index >= 15 is 0 Å². The average molecular weight is 302 g/mol. The van der Waals surface area contributed by atoms with Crippen LogP contribution < -0.4 is 5.32 Å². The average Bonchev–Trinajstić information content (AvgIpc) is 2.62. The van der Waals surface area contributed by atoms with Crippen LogP contribution in [-0.4, -0.2) is 41.9 Å². The van der Waals surface area contributed by atoms with Gasteiger partial charge in [-0.3, -0.25) is 9.59 Å². The molecule has 0 radical (unpaired) electrons. The molecule has 118 valence electrons. The fraction of sp³-hybridized carbons (Fsp3) is 0.529. The van der Waals surface area contributed by atoms with Crippen LogP contribution in [-0.2, 0) is 22.6 Å². The fourth-order valence-electron chi connectivity index (χ4n) is 3.19. The molecular formula is C17H22N2O3. The first-order valence-electron chi connectivity index (χ1n) is 7.75. The van der Waals surface area contributed by atoms with E-state index in [0.717, 1.165) is 12.0 Å². The van der Waals surface area contributed by atoms with Crippen molar-refractivity contribution in [3.8, 4) is 0 Å². The summed E-state index contributed by atoms with van der Waals surface area (Å²) in [6, 6.07) is 5.83. The number of benzene rings is 1. The van der Waals surface area contributed by atoms with Crippen LogP contribution in [0, 0.1) is 0 Å². The number of hydrogen-bond acceptors (Lipinski definition) is 3. The second-order valence-electron chi connectivity index (χ2n) is 6.58. The molecular weight excluding hydrogens is 280 g/mol. The Balaban J connectivity index is 1.87. The number of ether oxygens (including phenoxy) is 1. The van der Waals surface area contributed by atoms with E-state index in [1.54, 1.807) is 0 Å². The van der Waals surface area contributed by atoms with Crippen molar-refractivity contribution in [3.63, 3.8) is 0 Å². The minimum atomic E-state index is -0.476. The summed E-state index contributed by atoms with van der Waals surface area (Å²) >= 11 is 0. The molecule has 0 unspecified atom stereocenters. The minimum Gasteiger partial charge on any atom is -0.376 e. The van der Waals surface area contributed by atoms with Crippen molar-refractivity contribution >= 4 is 11.8 Å². The molecule has 0 atom stereocenters. The van der Waals surface area contributed by atoms with Gasteiger partial charge < -0.3 is 15.0 Å². The van der Waals surface area contributed by atoms with E-state index in [0.29, 0.717) is 38.3 Å². The van der Waals surface area contributed by atoms with Crippen LogP contribution in [0.3, 0.4) is 0 Å². The molecule has 2 amide bonds. The summed E-state index contributed by atoms with van der Waals surface area (Å²) in [6.45, 7) is 6.27. The van der Waals surface area contributed by atoms with E-state index in [-0.39, 0.29) is 11.8 Å². The van der Waals surface area contributed by atoms with Gasteiger partial charge in [-0.15, -0.1) is 0 Å². The molecule has 2 aliphatic heterocycles. The zero-order valence-corrected chi connectivity index (χ0v) is 13.1. The number of carbonyl (C=O) groups excluding carboxylic acids is 2. The Morgan fingerprint density at radius 2 is 2.14 bits per heavy atom. The maximum Gasteiger partial charge on any atom is 0.254 e. The maximum absolute atomic E-state index is 12.9. The lowest BCUT2D eigenvalue weighted by atomic mass is 9.95. The van der Waals surface area contributed by atoms with E-state index in [4.69, 9.17) is 4.74 Å². The lowest BCUT2D eigenvalue weighted by Crippen LogP contribution is -2.48. The smallest absolute Gasteiger partial charge is 0.254 e. The Bertz CT molecular complexity index is 610. The lowest BCUT2D eigenvalue weighted by Gasteiger charge is -2.36. The highest BCUT2D eigenvalue weighted by Gasteiger charge is 2.35. The maximum atomic E-state index is 12.9. The van der Waals surface area contributed by atoms with Gasteiger partial charge in [0.05, 0.1) is 13.2 Å². The van der Waals surface area contributed by atoms with Gasteiger partial charge in [-0.2, -0.15) is 0 Å². The van der Waals surface area contributed by atoms with Gasteiger partial charge in [0.25, 0.3) is 5.91 Å². The van der Waals surface area contributed by atoms with Crippen LogP contribution in [0.2, 0.25) is 0 Å². The van der Waals surface area contributed by atoms with Crippen molar-refractivity contribution in [2.24, 2.45) is 0 Å². The topological polar surface area (TPSA) is 58.6 Å². The van der Waals surface area contributed by atoms with Crippen molar-refractivity contribution in [2.45, 2.75) is 38.8 Å². The van der Waals surface area contributed by atoms with E-state index in [1.165, 1.54) is 5.56 Å². The third kappa shape index (κ3) is 2.86. The molecule has 0 bridgehead atoms. The molecule has 2 heterocycles. The number of carbonyl (C=O) groups is 2. The quantitative estimate of drug-likeness (QED) is 0.855. The second kappa shape index (κ2) is 5.72. The summed E-state index contributed by atoms with van der Waals surface area (Å²) < 4.78 is 5.43. The third-order valence-corrected chi connectivity index (χ3v) is 4.45. The molecule has 2 aliphatic rings. The molecule has 0 spiro atoms. The molecule has 3 rings (SSSR count). The molecule has 22 heavy (non-hydrogen) atoms. The van der Waals surface area contributed by atoms with Crippen LogP contribution in [0.5, 0.6) is 0 Å². The Kier molecular flexibility index (Phi) is 3.91. The van der Waals surface area contributed by atoms with E-state index in [1.807, 2.05) is 36.9 Å². The SMILES string of the molecule is CC1(C)CC(=O)NCCN1C(=O)c1ccc2c(c1)CCOC2. The second-order valence-corrected chi connectivity index (χ2v) is 6.58. The monoisotopic (exact) mass is 302 g/mol. The molecule has 5 heteroatoms. The zero-order chi connectivity index (χ0) is 15.7. The van der Waals surface area contributed by atoms with Crippen molar-refractivity contribution in [1.29, 1.82) is 0 Å². The third-order valence-electron chi connectivity index (χ3n) is 4.45. The normalized spacial score (nSPS) is 20.8. The van der Waals surface area contributed by atoms with Crippen LogP contribution in [0.25, 0.3) is 0 Å². The van der Waals surface area contributed by atoms with Crippen LogP contribution in [0.1, 0.15) is 41.8 Å². The molecule has 1 N–H and O–H groups in total. The number of hydrogen-bond donors (Lipinski definition) is 1. The van der Waals surface area contributed by atoms with Gasteiger partial charge in [-0.25, -0.2) is 0 Å². The van der Waals surface area contributed by atoms with Crippen molar-refractivity contribution in [3.05, 3.63) is 34.9 Å². The molecule has 1 fully saturated rings. The highest BCUT2D eigenvalue weighted by atomic mass is 16.5. The van der Waals surface area contributed by atoms with Crippen molar-refractivity contribution in [1.82, 2.24) is 10.2 Å². The molecule has 1 aromatic carbocycles. The van der Waals surface area contributed by atoms with Gasteiger partial charge in [0.1, 0.15) is 0 Å². The number of fused-ring (bicyclic) bond motifs is 1. The predicted molar refractivity (Wildman–Crippen MR) is 82.5 cm³/mol. The van der Waals surface area contributed by atoms with Gasteiger partial charge in [0.2, 0.25) is 5.91 Å². The first-order chi connectivity index (χ1) is 10.5. The first kappa shape index (κ1) is 15.0. The first-order valence-corrected chi connectivity index (χ1v) is 7.75. The molecule has 0 aromatic heterocycles. The van der Waals surface area contributed by atoms with Crippen LogP contribution >= 0.6 is 0 Å². The number of amides is 2. The largest absolute Gasteiger partial charge is 0.376 e. The van der Waals surface area contributed by atoms with E-state index in [2.05, 4.69) is 5.32 Å². The number of nitrogens with zero attached hydrogens (tertiary/aromatic N) is 1. The standard InChI is InChI=1S/C17H22N2O3/c1-17(2)10-15(20)18-6-7-19(17)16(21)13-3-4-14-11-22-8-5-12(14)9-13/h3-4,9H,5-8,10-11H2,1-2H3,(H,18,20). The lowest BCUT2D eigenvalue weighted by molar-refractivity contribution is -0.121. The van der Waals surface area contributed by atoms with Gasteiger partial charge in [-0.1, -0.05) is 6.07 Å². The zero-order valence-electron chi connectivity index (χ0n) is 13.1. The summed E-state index contributed by atoms with van der Waals surface area (Å²) in [4.78, 5) is 26.5. The molecule has 1 saturated heterocycles. The molecule has 0 saturated carbocycles. The Morgan fingerprint density at radius 1 is 1.32 bits per heavy atom. The Hall–Kier alpha value is -1.88. The Labute approximate surface area is 130 Å². The summed E-state index contributed by atoms with van der Waals surface area (Å²) in [5.41, 5.74) is 2.58. The fourth-order valence-corrected chi connectivity index (χ4v) is 3.19. The van der Waals surface area contributed by atoms with E-state index < -0.39 is 5.54 Å². The van der Waals surface area contributed by atoms with Crippen LogP contribution in [0.4, 0.5) is 0 Å². The number of nitrogens with one attached hydrogen (secondary N) is 1. The van der Waals surface area contributed by atoms with Gasteiger partial charge in [-0.05, 0) is 43.5 Å². The number of rotatable bonds is 1. The summed E-state index contributed by atoms with van der Waals surface area (Å²) in [5.74, 6) is -0.00122. The molecule has 1 aromatic rings. The highest BCUT2D eigenvalue weighted by Crippen LogP contribution is 2.25. The van der Waals surface area contributed by atoms with Crippen molar-refractivity contribution < 1.29 is 14.3 Å². The van der Waals surface area contributed by atoms with Gasteiger partial charge in [0.15, 0.2) is 0 Å². The summed E-state index contributed by atoms with van der Waals surface area (Å²) in [7, 11) is 0. The minimum absolute atomic E-state index is 0.00268. The molecule has 5 nitrogen and oxygen atoms in total. The highest BCUT2D eigenvalue weighted by molar-refractivity contribution is 5.95. The van der Waals surface area contributed by atoms with E-state index in [9.17, 15) is 9.59 Å². The van der Waals surface area contributed by atoms with Gasteiger partial charge >= 0.3 is 0 Å². The van der Waals surface area contributed by atoms with Crippen molar-refractivity contribution in [2.75, 3.05) is 19.7 Å².